The molecule has 7 heteroatoms. The van der Waals surface area contributed by atoms with Crippen LogP contribution in [0.4, 0.5) is 0 Å². The number of hydrogen-bond donors (Lipinski definition) is 0. The summed E-state index contributed by atoms with van der Waals surface area (Å²) >= 11 is 0. The first-order valence-corrected chi connectivity index (χ1v) is 6.19. The largest absolute Gasteiger partial charge is 0.343 e. The molecule has 1 amide bonds. The molecule has 0 N–H and O–H groups in total. The Morgan fingerprint density at radius 1 is 1.44 bits per heavy atom. The predicted molar refractivity (Wildman–Crippen MR) is 65.4 cm³/mol. The van der Waals surface area contributed by atoms with Gasteiger partial charge in [-0.1, -0.05) is 0 Å². The Morgan fingerprint density at radius 3 is 2.56 bits per heavy atom. The Balaban J connectivity index is 2.22. The molecular weight excluding hydrogens is 238 g/mol. The molecule has 0 spiro atoms. The van der Waals surface area contributed by atoms with Crippen LogP contribution in [0.1, 0.15) is 19.3 Å². The Bertz CT molecular complexity index is 288. The molecule has 104 valence electrons. The summed E-state index contributed by atoms with van der Waals surface area (Å²) in [5.41, 5.74) is 0. The average Bonchev–Trinajstić information content (AvgIpc) is 2.34. The van der Waals surface area contributed by atoms with E-state index in [1.807, 2.05) is 23.9 Å². The number of carbonyl (C=O) groups excluding carboxylic acids is 1. The third-order valence-corrected chi connectivity index (χ3v) is 3.16. The number of piperidine rings is 1. The van der Waals surface area contributed by atoms with Crippen molar-refractivity contribution in [2.24, 2.45) is 5.92 Å². The SMILES string of the molecule is CN(C)CCC(=O)N1CCC(CO[N+](=O)[O-])CC1. The molecule has 0 aromatic heterocycles. The zero-order valence-electron chi connectivity index (χ0n) is 11.0. The number of hydrogen-bond acceptors (Lipinski definition) is 5. The molecule has 0 bridgehead atoms. The highest BCUT2D eigenvalue weighted by atomic mass is 16.9. The number of carbonyl (C=O) groups is 1. The van der Waals surface area contributed by atoms with Crippen molar-refractivity contribution in [2.75, 3.05) is 40.3 Å². The van der Waals surface area contributed by atoms with Crippen molar-refractivity contribution in [3.63, 3.8) is 0 Å². The second kappa shape index (κ2) is 7.15. The molecule has 1 saturated heterocycles. The first-order chi connectivity index (χ1) is 8.49. The van der Waals surface area contributed by atoms with Crippen LogP contribution in [0.5, 0.6) is 0 Å². The van der Waals surface area contributed by atoms with Gasteiger partial charge in [0.15, 0.2) is 0 Å². The molecule has 1 rings (SSSR count). The summed E-state index contributed by atoms with van der Waals surface area (Å²) in [4.78, 5) is 30.1. The summed E-state index contributed by atoms with van der Waals surface area (Å²) < 4.78 is 0. The van der Waals surface area contributed by atoms with E-state index in [-0.39, 0.29) is 18.4 Å². The van der Waals surface area contributed by atoms with Crippen molar-refractivity contribution in [3.8, 4) is 0 Å². The molecule has 0 aromatic carbocycles. The molecular formula is C11H21N3O4. The summed E-state index contributed by atoms with van der Waals surface area (Å²) in [6.45, 7) is 2.26. The number of rotatable bonds is 6. The van der Waals surface area contributed by atoms with Gasteiger partial charge in [0, 0.05) is 26.1 Å². The van der Waals surface area contributed by atoms with Gasteiger partial charge in [0.25, 0.3) is 5.09 Å². The maximum Gasteiger partial charge on any atom is 0.294 e. The molecule has 1 fully saturated rings. The average molecular weight is 259 g/mol. The van der Waals surface area contributed by atoms with Gasteiger partial charge in [-0.3, -0.25) is 4.79 Å². The van der Waals surface area contributed by atoms with Crippen LogP contribution < -0.4 is 0 Å². The van der Waals surface area contributed by atoms with Gasteiger partial charge in [-0.2, -0.15) is 0 Å². The van der Waals surface area contributed by atoms with E-state index in [1.54, 1.807) is 0 Å². The Hall–Kier alpha value is -1.37. The van der Waals surface area contributed by atoms with E-state index >= 15 is 0 Å². The second-order valence-electron chi connectivity index (χ2n) is 4.90. The fourth-order valence-corrected chi connectivity index (χ4v) is 1.99. The zero-order chi connectivity index (χ0) is 13.5. The van der Waals surface area contributed by atoms with Crippen LogP contribution in [0.2, 0.25) is 0 Å². The monoisotopic (exact) mass is 259 g/mol. The quantitative estimate of drug-likeness (QED) is 0.509. The highest BCUT2D eigenvalue weighted by Crippen LogP contribution is 2.18. The molecule has 0 aromatic rings. The van der Waals surface area contributed by atoms with Crippen LogP contribution in [0.25, 0.3) is 0 Å². The lowest BCUT2D eigenvalue weighted by molar-refractivity contribution is -0.759. The van der Waals surface area contributed by atoms with Gasteiger partial charge in [0.05, 0.1) is 6.61 Å². The van der Waals surface area contributed by atoms with Crippen LogP contribution in [-0.4, -0.2) is 61.1 Å². The Labute approximate surface area is 107 Å². The van der Waals surface area contributed by atoms with E-state index in [1.165, 1.54) is 0 Å². The third-order valence-electron chi connectivity index (χ3n) is 3.16. The minimum Gasteiger partial charge on any atom is -0.343 e. The van der Waals surface area contributed by atoms with E-state index in [2.05, 4.69) is 4.84 Å². The molecule has 0 saturated carbocycles. The Kier molecular flexibility index (Phi) is 5.84. The van der Waals surface area contributed by atoms with Gasteiger partial charge in [0.2, 0.25) is 5.91 Å². The fraction of sp³-hybridized carbons (Fsp3) is 0.909. The smallest absolute Gasteiger partial charge is 0.294 e. The lowest BCUT2D eigenvalue weighted by Gasteiger charge is -2.31. The minimum absolute atomic E-state index is 0.146. The normalized spacial score (nSPS) is 16.9. The van der Waals surface area contributed by atoms with E-state index < -0.39 is 5.09 Å². The first kappa shape index (κ1) is 14.7. The maximum absolute atomic E-state index is 11.8. The minimum atomic E-state index is -0.755. The van der Waals surface area contributed by atoms with Gasteiger partial charge < -0.3 is 14.6 Å². The highest BCUT2D eigenvalue weighted by Gasteiger charge is 2.23. The second-order valence-corrected chi connectivity index (χ2v) is 4.90. The predicted octanol–water partition coefficient (Wildman–Crippen LogP) is 0.385. The molecule has 18 heavy (non-hydrogen) atoms. The van der Waals surface area contributed by atoms with Crippen LogP contribution >= 0.6 is 0 Å². The molecule has 0 radical (unpaired) electrons. The van der Waals surface area contributed by atoms with E-state index in [0.717, 1.165) is 19.4 Å². The molecule has 1 heterocycles. The van der Waals surface area contributed by atoms with Crippen LogP contribution in [0.3, 0.4) is 0 Å². The molecule has 1 aliphatic rings. The van der Waals surface area contributed by atoms with Crippen molar-refractivity contribution in [2.45, 2.75) is 19.3 Å². The zero-order valence-corrected chi connectivity index (χ0v) is 11.0. The first-order valence-electron chi connectivity index (χ1n) is 6.19. The Morgan fingerprint density at radius 2 is 2.06 bits per heavy atom. The third kappa shape index (κ3) is 5.31. The van der Waals surface area contributed by atoms with Crippen LogP contribution in [0.15, 0.2) is 0 Å². The van der Waals surface area contributed by atoms with Gasteiger partial charge >= 0.3 is 0 Å². The van der Waals surface area contributed by atoms with Crippen molar-refractivity contribution in [1.82, 2.24) is 9.80 Å². The highest BCUT2D eigenvalue weighted by molar-refractivity contribution is 5.76. The van der Waals surface area contributed by atoms with Gasteiger partial charge in [0.1, 0.15) is 0 Å². The summed E-state index contributed by atoms with van der Waals surface area (Å²) in [5, 5.41) is 9.32. The van der Waals surface area contributed by atoms with Crippen molar-refractivity contribution in [3.05, 3.63) is 10.1 Å². The molecule has 1 aliphatic heterocycles. The van der Waals surface area contributed by atoms with E-state index in [4.69, 9.17) is 0 Å². The number of likely N-dealkylation sites (tertiary alicyclic amines) is 1. The lowest BCUT2D eigenvalue weighted by Crippen LogP contribution is -2.40. The lowest BCUT2D eigenvalue weighted by atomic mass is 9.98. The van der Waals surface area contributed by atoms with Crippen LogP contribution in [-0.2, 0) is 9.63 Å². The van der Waals surface area contributed by atoms with Crippen LogP contribution in [0, 0.1) is 16.0 Å². The van der Waals surface area contributed by atoms with Crippen molar-refractivity contribution < 1.29 is 14.7 Å². The van der Waals surface area contributed by atoms with Gasteiger partial charge in [-0.05, 0) is 32.9 Å². The summed E-state index contributed by atoms with van der Waals surface area (Å²) in [6, 6.07) is 0. The molecule has 0 unspecified atom stereocenters. The summed E-state index contributed by atoms with van der Waals surface area (Å²) in [6.07, 6.45) is 2.09. The topological polar surface area (TPSA) is 75.9 Å². The fourth-order valence-electron chi connectivity index (χ4n) is 1.99. The summed E-state index contributed by atoms with van der Waals surface area (Å²) in [5.74, 6) is 0.352. The van der Waals surface area contributed by atoms with Crippen molar-refractivity contribution >= 4 is 5.91 Å². The maximum atomic E-state index is 11.8. The number of nitrogens with zero attached hydrogens (tertiary/aromatic N) is 3. The van der Waals surface area contributed by atoms with Crippen molar-refractivity contribution in [1.29, 1.82) is 0 Å². The number of amides is 1. The van der Waals surface area contributed by atoms with E-state index in [0.29, 0.717) is 19.5 Å². The molecule has 0 aliphatic carbocycles. The molecule has 0 atom stereocenters. The van der Waals surface area contributed by atoms with E-state index in [9.17, 15) is 14.9 Å². The summed E-state index contributed by atoms with van der Waals surface area (Å²) in [7, 11) is 3.88. The standard InChI is InChI=1S/C11H21N3O4/c1-12(2)6-5-11(15)13-7-3-10(4-8-13)9-18-14(16)17/h10H,3-9H2,1-2H3. The van der Waals surface area contributed by atoms with Gasteiger partial charge in [-0.15, -0.1) is 10.1 Å². The van der Waals surface area contributed by atoms with Gasteiger partial charge in [-0.25, -0.2) is 0 Å². The molecule has 7 nitrogen and oxygen atoms in total.